The van der Waals surface area contributed by atoms with Crippen LogP contribution in [-0.4, -0.2) is 31.6 Å². The first-order valence-electron chi connectivity index (χ1n) is 9.41. The molecule has 3 aromatic rings. The number of hydrogen-bond donors (Lipinski definition) is 3. The molecule has 4 N–H and O–H groups in total. The van der Waals surface area contributed by atoms with Gasteiger partial charge < -0.3 is 20.9 Å². The lowest BCUT2D eigenvalue weighted by atomic mass is 9.91. The highest BCUT2D eigenvalue weighted by Crippen LogP contribution is 2.26. The van der Waals surface area contributed by atoms with Gasteiger partial charge in [0.1, 0.15) is 5.82 Å². The van der Waals surface area contributed by atoms with E-state index in [1.54, 1.807) is 18.5 Å². The molecule has 0 amide bonds. The fourth-order valence-corrected chi connectivity index (χ4v) is 3.53. The summed E-state index contributed by atoms with van der Waals surface area (Å²) in [5.41, 5.74) is 8.26. The van der Waals surface area contributed by atoms with Crippen molar-refractivity contribution in [2.24, 2.45) is 5.73 Å². The molecule has 0 radical (unpaired) electrons. The van der Waals surface area contributed by atoms with Gasteiger partial charge in [0.25, 0.3) is 0 Å². The van der Waals surface area contributed by atoms with E-state index in [0.717, 1.165) is 37.9 Å². The average molecular weight is 369 g/mol. The second-order valence-corrected chi connectivity index (χ2v) is 6.93. The Labute approximate surface area is 157 Å². The number of hydrogen-bond acceptors (Lipinski definition) is 6. The minimum atomic E-state index is -0.309. The number of nitrogens with one attached hydrogen (secondary N) is 2. The molecule has 1 aliphatic rings. The Kier molecular flexibility index (Phi) is 4.89. The molecular formula is C19H24FN7. The summed E-state index contributed by atoms with van der Waals surface area (Å²) < 4.78 is 15.5. The Morgan fingerprint density at radius 2 is 2.11 bits per heavy atom. The van der Waals surface area contributed by atoms with Crippen molar-refractivity contribution in [3.8, 4) is 0 Å². The smallest absolute Gasteiger partial charge is 0.227 e. The highest BCUT2D eigenvalue weighted by Gasteiger charge is 2.23. The lowest BCUT2D eigenvalue weighted by Gasteiger charge is -2.29. The number of nitrogens with zero attached hydrogens (tertiary/aromatic N) is 4. The summed E-state index contributed by atoms with van der Waals surface area (Å²) >= 11 is 0. The molecule has 142 valence electrons. The summed E-state index contributed by atoms with van der Waals surface area (Å²) in [6.45, 7) is 2.78. The Bertz CT molecular complexity index is 939. The zero-order valence-electron chi connectivity index (χ0n) is 15.3. The van der Waals surface area contributed by atoms with Gasteiger partial charge in [0.05, 0.1) is 6.33 Å². The predicted octanol–water partition coefficient (Wildman–Crippen LogP) is 3.41. The van der Waals surface area contributed by atoms with Gasteiger partial charge in [-0.05, 0) is 38.0 Å². The number of nitrogens with two attached hydrogens (primary N) is 1. The van der Waals surface area contributed by atoms with Gasteiger partial charge in [-0.2, -0.15) is 9.97 Å². The molecule has 4 rings (SSSR count). The number of aromatic nitrogens is 4. The first kappa shape index (κ1) is 17.7. The first-order chi connectivity index (χ1) is 13.1. The maximum atomic E-state index is 13.6. The van der Waals surface area contributed by atoms with Crippen LogP contribution in [0, 0.1) is 5.82 Å². The third kappa shape index (κ3) is 3.71. The zero-order chi connectivity index (χ0) is 18.8. The molecule has 2 atom stereocenters. The van der Waals surface area contributed by atoms with E-state index in [2.05, 4.69) is 25.6 Å². The van der Waals surface area contributed by atoms with Crippen molar-refractivity contribution in [3.63, 3.8) is 0 Å². The van der Waals surface area contributed by atoms with Crippen molar-refractivity contribution in [2.45, 2.75) is 51.2 Å². The quantitative estimate of drug-likeness (QED) is 0.638. The van der Waals surface area contributed by atoms with Gasteiger partial charge in [0.2, 0.25) is 5.95 Å². The van der Waals surface area contributed by atoms with Gasteiger partial charge in [-0.3, -0.25) is 0 Å². The minimum Gasteiger partial charge on any atom is -0.350 e. The van der Waals surface area contributed by atoms with E-state index in [4.69, 9.17) is 5.73 Å². The van der Waals surface area contributed by atoms with Crippen LogP contribution in [0.1, 0.15) is 32.6 Å². The van der Waals surface area contributed by atoms with Gasteiger partial charge in [0, 0.05) is 24.3 Å². The maximum Gasteiger partial charge on any atom is 0.227 e. The maximum absolute atomic E-state index is 13.6. The summed E-state index contributed by atoms with van der Waals surface area (Å²) in [6.07, 6.45) is 6.05. The second kappa shape index (κ2) is 7.48. The standard InChI is InChI=1S/C19H24FN7/c1-2-27-11-22-16-17(23-13-7-5-6-12(20)10-13)25-19(26-18(16)27)24-15-9-4-3-8-14(15)21/h5-7,10-11,14-15H,2-4,8-9,21H2,1H3,(H2,23,24,25,26). The summed E-state index contributed by atoms with van der Waals surface area (Å²) in [4.78, 5) is 13.7. The van der Waals surface area contributed by atoms with Gasteiger partial charge >= 0.3 is 0 Å². The minimum absolute atomic E-state index is 0.0914. The lowest BCUT2D eigenvalue weighted by molar-refractivity contribution is 0.402. The van der Waals surface area contributed by atoms with Crippen molar-refractivity contribution in [2.75, 3.05) is 10.6 Å². The molecule has 27 heavy (non-hydrogen) atoms. The first-order valence-corrected chi connectivity index (χ1v) is 9.41. The Balaban J connectivity index is 1.71. The van der Waals surface area contributed by atoms with Crippen LogP contribution in [0.15, 0.2) is 30.6 Å². The van der Waals surface area contributed by atoms with Crippen molar-refractivity contribution < 1.29 is 4.39 Å². The van der Waals surface area contributed by atoms with Crippen molar-refractivity contribution in [1.29, 1.82) is 0 Å². The zero-order valence-corrected chi connectivity index (χ0v) is 15.3. The molecule has 2 aromatic heterocycles. The van der Waals surface area contributed by atoms with Gasteiger partial charge in [-0.25, -0.2) is 9.37 Å². The number of benzene rings is 1. The van der Waals surface area contributed by atoms with E-state index < -0.39 is 0 Å². The normalized spacial score (nSPS) is 20.0. The fraction of sp³-hybridized carbons (Fsp3) is 0.421. The Hall–Kier alpha value is -2.74. The highest BCUT2D eigenvalue weighted by molar-refractivity contribution is 5.86. The molecule has 0 spiro atoms. The van der Waals surface area contributed by atoms with Crippen LogP contribution in [0.3, 0.4) is 0 Å². The molecular weight excluding hydrogens is 345 g/mol. The molecule has 2 heterocycles. The molecule has 1 aliphatic carbocycles. The molecule has 1 aromatic carbocycles. The number of anilines is 3. The van der Waals surface area contributed by atoms with Gasteiger partial charge in [-0.15, -0.1) is 0 Å². The summed E-state index contributed by atoms with van der Waals surface area (Å²) in [5, 5.41) is 6.57. The Morgan fingerprint density at radius 3 is 2.89 bits per heavy atom. The van der Waals surface area contributed by atoms with Crippen LogP contribution in [-0.2, 0) is 6.54 Å². The molecule has 7 nitrogen and oxygen atoms in total. The topological polar surface area (TPSA) is 93.7 Å². The number of halogens is 1. The van der Waals surface area contributed by atoms with Crippen molar-refractivity contribution >= 4 is 28.6 Å². The number of imidazole rings is 1. The second-order valence-electron chi connectivity index (χ2n) is 6.93. The molecule has 1 saturated carbocycles. The number of fused-ring (bicyclic) bond motifs is 1. The van der Waals surface area contributed by atoms with Crippen molar-refractivity contribution in [3.05, 3.63) is 36.4 Å². The average Bonchev–Trinajstić information content (AvgIpc) is 3.07. The Morgan fingerprint density at radius 1 is 1.26 bits per heavy atom. The highest BCUT2D eigenvalue weighted by atomic mass is 19.1. The third-order valence-electron chi connectivity index (χ3n) is 5.03. The molecule has 0 bridgehead atoms. The SMILES string of the molecule is CCn1cnc2c(Nc3cccc(F)c3)nc(NC3CCCCC3N)nc21. The van der Waals surface area contributed by atoms with Crippen LogP contribution < -0.4 is 16.4 Å². The van der Waals surface area contributed by atoms with E-state index in [1.165, 1.54) is 12.1 Å². The molecule has 0 aliphatic heterocycles. The predicted molar refractivity (Wildman–Crippen MR) is 105 cm³/mol. The van der Waals surface area contributed by atoms with E-state index >= 15 is 0 Å². The molecule has 2 unspecified atom stereocenters. The summed E-state index contributed by atoms with van der Waals surface area (Å²) in [7, 11) is 0. The monoisotopic (exact) mass is 369 g/mol. The summed E-state index contributed by atoms with van der Waals surface area (Å²) in [6, 6.07) is 6.52. The molecule has 8 heteroatoms. The van der Waals surface area contributed by atoms with Crippen LogP contribution in [0.2, 0.25) is 0 Å². The summed E-state index contributed by atoms with van der Waals surface area (Å²) in [5.74, 6) is 0.750. The third-order valence-corrected chi connectivity index (χ3v) is 5.03. The van der Waals surface area contributed by atoms with Crippen molar-refractivity contribution in [1.82, 2.24) is 19.5 Å². The van der Waals surface area contributed by atoms with Gasteiger partial charge in [-0.1, -0.05) is 18.9 Å². The number of rotatable bonds is 5. The van der Waals surface area contributed by atoms with E-state index in [9.17, 15) is 4.39 Å². The molecule has 1 fully saturated rings. The lowest BCUT2D eigenvalue weighted by Crippen LogP contribution is -2.43. The largest absolute Gasteiger partial charge is 0.350 e. The van der Waals surface area contributed by atoms with Gasteiger partial charge in [0.15, 0.2) is 17.0 Å². The fourth-order valence-electron chi connectivity index (χ4n) is 3.53. The van der Waals surface area contributed by atoms with Crippen LogP contribution in [0.25, 0.3) is 11.2 Å². The van der Waals surface area contributed by atoms with E-state index in [1.807, 2.05) is 11.5 Å². The van der Waals surface area contributed by atoms with E-state index in [0.29, 0.717) is 23.0 Å². The van der Waals surface area contributed by atoms with E-state index in [-0.39, 0.29) is 17.9 Å². The van der Waals surface area contributed by atoms with Crippen LogP contribution in [0.5, 0.6) is 0 Å². The number of aryl methyl sites for hydroxylation is 1. The van der Waals surface area contributed by atoms with Crippen LogP contribution >= 0.6 is 0 Å². The molecule has 0 saturated heterocycles. The van der Waals surface area contributed by atoms with Crippen LogP contribution in [0.4, 0.5) is 21.8 Å².